The fourth-order valence-corrected chi connectivity index (χ4v) is 3.29. The monoisotopic (exact) mass is 390 g/mol. The highest BCUT2D eigenvalue weighted by Gasteiger charge is 2.23. The molecule has 0 bridgehead atoms. The second-order valence-corrected chi connectivity index (χ2v) is 6.79. The van der Waals surface area contributed by atoms with E-state index in [1.807, 2.05) is 0 Å². The van der Waals surface area contributed by atoms with Crippen LogP contribution in [0.2, 0.25) is 0 Å². The third-order valence-electron chi connectivity index (χ3n) is 4.61. The van der Waals surface area contributed by atoms with Gasteiger partial charge in [0.05, 0.1) is 10.5 Å². The summed E-state index contributed by atoms with van der Waals surface area (Å²) >= 11 is 0. The van der Waals surface area contributed by atoms with Crippen LogP contribution in [0.4, 0.5) is 31.5 Å². The average Bonchev–Trinajstić information content (AvgIpc) is 3.14. The van der Waals surface area contributed by atoms with Gasteiger partial charge in [-0.25, -0.2) is 8.78 Å². The minimum atomic E-state index is -0.760. The molecular formula is C19H20F2N4O3. The lowest BCUT2D eigenvalue weighted by Gasteiger charge is -2.20. The first-order chi connectivity index (χ1) is 13.3. The zero-order valence-corrected chi connectivity index (χ0v) is 15.5. The fraction of sp³-hybridized carbons (Fsp3) is 0.316. The summed E-state index contributed by atoms with van der Waals surface area (Å²) in [5.74, 6) is -2.21. The number of non-ortho nitro benzene ring substituents is 1. The molecule has 0 atom stereocenters. The van der Waals surface area contributed by atoms with Gasteiger partial charge in [-0.2, -0.15) is 0 Å². The number of amides is 1. The van der Waals surface area contributed by atoms with Gasteiger partial charge in [0, 0.05) is 50.7 Å². The van der Waals surface area contributed by atoms with Crippen molar-refractivity contribution in [3.63, 3.8) is 0 Å². The smallest absolute Gasteiger partial charge is 0.270 e. The number of nitro benzene ring substituents is 1. The predicted octanol–water partition coefficient (Wildman–Crippen LogP) is 3.79. The zero-order chi connectivity index (χ0) is 20.4. The highest BCUT2D eigenvalue weighted by molar-refractivity contribution is 6.08. The van der Waals surface area contributed by atoms with Crippen molar-refractivity contribution in [2.24, 2.45) is 0 Å². The molecule has 9 heteroatoms. The molecule has 28 heavy (non-hydrogen) atoms. The molecule has 1 fully saturated rings. The van der Waals surface area contributed by atoms with Gasteiger partial charge in [0.2, 0.25) is 0 Å². The number of nitrogens with zero attached hydrogens (tertiary/aromatic N) is 3. The molecule has 1 saturated heterocycles. The predicted molar refractivity (Wildman–Crippen MR) is 103 cm³/mol. The lowest BCUT2D eigenvalue weighted by Crippen LogP contribution is -2.21. The maximum Gasteiger partial charge on any atom is 0.270 e. The van der Waals surface area contributed by atoms with E-state index in [9.17, 15) is 23.7 Å². The molecule has 0 spiro atoms. The van der Waals surface area contributed by atoms with Crippen LogP contribution in [0.3, 0.4) is 0 Å². The molecular weight excluding hydrogens is 370 g/mol. The molecule has 0 aliphatic carbocycles. The van der Waals surface area contributed by atoms with Crippen molar-refractivity contribution in [3.8, 4) is 0 Å². The van der Waals surface area contributed by atoms with E-state index >= 15 is 0 Å². The average molecular weight is 390 g/mol. The second-order valence-electron chi connectivity index (χ2n) is 6.79. The standard InChI is InChI=1S/C19H20F2N4O3/c1-23(2)17-6-5-13(25(27)28)11-14(17)19(26)22-12-9-15(20)18(16(21)10-12)24-7-3-4-8-24/h5-6,9-11H,3-4,7-8H2,1-2H3,(H,22,26). The van der Waals surface area contributed by atoms with Gasteiger partial charge in [0.15, 0.2) is 11.6 Å². The van der Waals surface area contributed by atoms with Crippen LogP contribution >= 0.6 is 0 Å². The highest BCUT2D eigenvalue weighted by Crippen LogP contribution is 2.31. The number of rotatable bonds is 5. The number of nitrogens with one attached hydrogen (secondary N) is 1. The van der Waals surface area contributed by atoms with E-state index < -0.39 is 22.5 Å². The molecule has 1 aliphatic heterocycles. The van der Waals surface area contributed by atoms with Crippen LogP contribution in [0.15, 0.2) is 30.3 Å². The Kier molecular flexibility index (Phi) is 5.43. The van der Waals surface area contributed by atoms with Crippen LogP contribution in [-0.4, -0.2) is 38.0 Å². The van der Waals surface area contributed by atoms with Gasteiger partial charge in [-0.1, -0.05) is 0 Å². The molecule has 3 rings (SSSR count). The second kappa shape index (κ2) is 7.79. The molecule has 0 aromatic heterocycles. The van der Waals surface area contributed by atoms with Crippen LogP contribution < -0.4 is 15.1 Å². The van der Waals surface area contributed by atoms with E-state index in [1.165, 1.54) is 12.1 Å². The molecule has 1 N–H and O–H groups in total. The molecule has 1 aliphatic rings. The number of carbonyl (C=O) groups excluding carboxylic acids is 1. The summed E-state index contributed by atoms with van der Waals surface area (Å²) in [7, 11) is 3.37. The Morgan fingerprint density at radius 2 is 1.75 bits per heavy atom. The lowest BCUT2D eigenvalue weighted by atomic mass is 10.1. The van der Waals surface area contributed by atoms with Crippen molar-refractivity contribution >= 4 is 28.7 Å². The minimum Gasteiger partial charge on any atom is -0.377 e. The fourth-order valence-electron chi connectivity index (χ4n) is 3.29. The first-order valence-corrected chi connectivity index (χ1v) is 8.79. The van der Waals surface area contributed by atoms with E-state index in [4.69, 9.17) is 0 Å². The molecule has 148 valence electrons. The number of halogens is 2. The maximum absolute atomic E-state index is 14.5. The number of nitro groups is 1. The molecule has 7 nitrogen and oxygen atoms in total. The maximum atomic E-state index is 14.5. The first-order valence-electron chi connectivity index (χ1n) is 8.79. The van der Waals surface area contributed by atoms with Gasteiger partial charge in [-0.15, -0.1) is 0 Å². The minimum absolute atomic E-state index is 0.0311. The third kappa shape index (κ3) is 3.88. The Labute approximate surface area is 160 Å². The number of anilines is 3. The van der Waals surface area contributed by atoms with Crippen LogP contribution in [0.1, 0.15) is 23.2 Å². The van der Waals surface area contributed by atoms with Gasteiger partial charge < -0.3 is 15.1 Å². The van der Waals surface area contributed by atoms with E-state index in [0.29, 0.717) is 18.8 Å². The third-order valence-corrected chi connectivity index (χ3v) is 4.61. The first kappa shape index (κ1) is 19.5. The van der Waals surface area contributed by atoms with Gasteiger partial charge in [0.25, 0.3) is 11.6 Å². The molecule has 0 radical (unpaired) electrons. The normalized spacial score (nSPS) is 13.5. The Balaban J connectivity index is 1.91. The Morgan fingerprint density at radius 1 is 1.14 bits per heavy atom. The van der Waals surface area contributed by atoms with Crippen LogP contribution in [0.5, 0.6) is 0 Å². The van der Waals surface area contributed by atoms with Crippen molar-refractivity contribution in [2.75, 3.05) is 42.3 Å². The number of hydrogen-bond acceptors (Lipinski definition) is 5. The van der Waals surface area contributed by atoms with E-state index in [2.05, 4.69) is 5.32 Å². The largest absolute Gasteiger partial charge is 0.377 e. The summed E-state index contributed by atoms with van der Waals surface area (Å²) in [6.45, 7) is 1.17. The molecule has 0 unspecified atom stereocenters. The summed E-state index contributed by atoms with van der Waals surface area (Å²) in [6.07, 6.45) is 1.74. The van der Waals surface area contributed by atoms with Crippen LogP contribution in [0, 0.1) is 21.7 Å². The van der Waals surface area contributed by atoms with Crippen molar-refractivity contribution in [3.05, 3.63) is 57.6 Å². The molecule has 2 aromatic carbocycles. The molecule has 0 saturated carbocycles. The number of benzene rings is 2. The highest BCUT2D eigenvalue weighted by atomic mass is 19.1. The van der Waals surface area contributed by atoms with Crippen molar-refractivity contribution in [1.82, 2.24) is 0 Å². The summed E-state index contributed by atoms with van der Waals surface area (Å²) in [5, 5.41) is 13.5. The molecule has 2 aromatic rings. The van der Waals surface area contributed by atoms with Crippen molar-refractivity contribution in [1.29, 1.82) is 0 Å². The Morgan fingerprint density at radius 3 is 2.29 bits per heavy atom. The Hall–Kier alpha value is -3.23. The number of hydrogen-bond donors (Lipinski definition) is 1. The topological polar surface area (TPSA) is 78.7 Å². The summed E-state index contributed by atoms with van der Waals surface area (Å²) in [6, 6.07) is 5.99. The van der Waals surface area contributed by atoms with Gasteiger partial charge in [-0.3, -0.25) is 14.9 Å². The van der Waals surface area contributed by atoms with E-state index in [0.717, 1.165) is 31.0 Å². The van der Waals surface area contributed by atoms with Crippen LogP contribution in [-0.2, 0) is 0 Å². The SMILES string of the molecule is CN(C)c1ccc([N+](=O)[O-])cc1C(=O)Nc1cc(F)c(N2CCCC2)c(F)c1. The van der Waals surface area contributed by atoms with Crippen molar-refractivity contribution < 1.29 is 18.5 Å². The van der Waals surface area contributed by atoms with Gasteiger partial charge in [0.1, 0.15) is 5.69 Å². The van der Waals surface area contributed by atoms with Crippen LogP contribution in [0.25, 0.3) is 0 Å². The number of carbonyl (C=O) groups is 1. The lowest BCUT2D eigenvalue weighted by molar-refractivity contribution is -0.384. The zero-order valence-electron chi connectivity index (χ0n) is 15.5. The molecule has 1 heterocycles. The summed E-state index contributed by atoms with van der Waals surface area (Å²) in [4.78, 5) is 26.3. The van der Waals surface area contributed by atoms with E-state index in [-0.39, 0.29) is 22.6 Å². The van der Waals surface area contributed by atoms with Gasteiger partial charge in [-0.05, 0) is 31.0 Å². The summed E-state index contributed by atoms with van der Waals surface area (Å²) in [5.41, 5.74) is 0.0675. The quantitative estimate of drug-likeness (QED) is 0.621. The Bertz CT molecular complexity index is 904. The van der Waals surface area contributed by atoms with Crippen molar-refractivity contribution in [2.45, 2.75) is 12.8 Å². The van der Waals surface area contributed by atoms with Gasteiger partial charge >= 0.3 is 0 Å². The molecule has 1 amide bonds. The van der Waals surface area contributed by atoms with E-state index in [1.54, 1.807) is 23.9 Å². The summed E-state index contributed by atoms with van der Waals surface area (Å²) < 4.78 is 28.9.